The molecule has 0 radical (unpaired) electrons. The van der Waals surface area contributed by atoms with Gasteiger partial charge in [0.15, 0.2) is 0 Å². The number of aromatic nitrogens is 3. The number of aliphatic hydroxyl groups is 1. The molecule has 2 aromatic rings. The molecule has 0 unspecified atom stereocenters. The van der Waals surface area contributed by atoms with Crippen molar-refractivity contribution in [3.05, 3.63) is 48.0 Å². The summed E-state index contributed by atoms with van der Waals surface area (Å²) in [4.78, 5) is 28.3. The molecule has 23 heavy (non-hydrogen) atoms. The molecule has 7 heteroatoms. The number of ketones is 1. The summed E-state index contributed by atoms with van der Waals surface area (Å²) >= 11 is 0. The highest BCUT2D eigenvalue weighted by Gasteiger charge is 2.37. The molecule has 2 N–H and O–H groups in total. The number of carbonyl (C=O) groups excluding carboxylic acids is 2. The van der Waals surface area contributed by atoms with Crippen LogP contribution in [0.3, 0.4) is 0 Å². The molecule has 7 nitrogen and oxygen atoms in total. The summed E-state index contributed by atoms with van der Waals surface area (Å²) in [6.45, 7) is 0. The molecule has 1 aliphatic carbocycles. The SMILES string of the molecule is Cn1cc([C@H](NC(=O)C(=O)c2cccnc2)C2CC(O)C2)cn1. The number of hydrogen-bond donors (Lipinski definition) is 2. The van der Waals surface area contributed by atoms with E-state index in [0.717, 1.165) is 5.56 Å². The van der Waals surface area contributed by atoms with Crippen molar-refractivity contribution >= 4 is 11.7 Å². The minimum atomic E-state index is -0.673. The first-order valence-electron chi connectivity index (χ1n) is 7.46. The largest absolute Gasteiger partial charge is 0.393 e. The van der Waals surface area contributed by atoms with E-state index < -0.39 is 11.7 Å². The van der Waals surface area contributed by atoms with E-state index in [9.17, 15) is 14.7 Å². The number of aryl methyl sites for hydroxylation is 1. The summed E-state index contributed by atoms with van der Waals surface area (Å²) in [5.74, 6) is -1.19. The van der Waals surface area contributed by atoms with E-state index >= 15 is 0 Å². The molecule has 1 atom stereocenters. The van der Waals surface area contributed by atoms with Crippen LogP contribution in [0.4, 0.5) is 0 Å². The number of amides is 1. The molecule has 0 aliphatic heterocycles. The second-order valence-corrected chi connectivity index (χ2v) is 5.85. The van der Waals surface area contributed by atoms with Crippen LogP contribution in [0, 0.1) is 5.92 Å². The van der Waals surface area contributed by atoms with Gasteiger partial charge in [-0.1, -0.05) is 0 Å². The minimum absolute atomic E-state index is 0.0971. The lowest BCUT2D eigenvalue weighted by Crippen LogP contribution is -2.43. The first-order chi connectivity index (χ1) is 11.0. The smallest absolute Gasteiger partial charge is 0.292 e. The Labute approximate surface area is 133 Å². The van der Waals surface area contributed by atoms with Crippen molar-refractivity contribution in [1.29, 1.82) is 0 Å². The maximum absolute atomic E-state index is 12.3. The van der Waals surface area contributed by atoms with E-state index in [1.54, 1.807) is 36.3 Å². The van der Waals surface area contributed by atoms with Crippen LogP contribution in [-0.2, 0) is 11.8 Å². The van der Waals surface area contributed by atoms with Gasteiger partial charge in [-0.05, 0) is 30.9 Å². The predicted octanol–water partition coefficient (Wildman–Crippen LogP) is 0.626. The summed E-state index contributed by atoms with van der Waals surface area (Å²) in [5.41, 5.74) is 1.08. The monoisotopic (exact) mass is 314 g/mol. The highest BCUT2D eigenvalue weighted by atomic mass is 16.3. The maximum atomic E-state index is 12.3. The molecular formula is C16H18N4O3. The van der Waals surface area contributed by atoms with Gasteiger partial charge in [-0.3, -0.25) is 19.3 Å². The number of hydrogen-bond acceptors (Lipinski definition) is 5. The number of nitrogens with zero attached hydrogens (tertiary/aromatic N) is 3. The van der Waals surface area contributed by atoms with E-state index in [2.05, 4.69) is 15.4 Å². The number of Topliss-reactive ketones (excluding diaryl/α,β-unsaturated/α-hetero) is 1. The maximum Gasteiger partial charge on any atom is 0.292 e. The lowest BCUT2D eigenvalue weighted by Gasteiger charge is -2.37. The lowest BCUT2D eigenvalue weighted by molar-refractivity contribution is -0.118. The van der Waals surface area contributed by atoms with Gasteiger partial charge in [-0.2, -0.15) is 5.10 Å². The second kappa shape index (κ2) is 6.29. The van der Waals surface area contributed by atoms with Crippen molar-refractivity contribution < 1.29 is 14.7 Å². The van der Waals surface area contributed by atoms with Crippen molar-refractivity contribution in [2.45, 2.75) is 25.0 Å². The van der Waals surface area contributed by atoms with Gasteiger partial charge in [0.05, 0.1) is 18.3 Å². The molecule has 1 fully saturated rings. The molecule has 0 saturated heterocycles. The zero-order chi connectivity index (χ0) is 16.4. The summed E-state index contributed by atoms with van der Waals surface area (Å²) in [5, 5.41) is 16.4. The Morgan fingerprint density at radius 2 is 2.17 bits per heavy atom. The van der Waals surface area contributed by atoms with Crippen LogP contribution in [0.2, 0.25) is 0 Å². The Morgan fingerprint density at radius 1 is 1.39 bits per heavy atom. The van der Waals surface area contributed by atoms with Crippen LogP contribution in [-0.4, -0.2) is 37.7 Å². The molecule has 2 heterocycles. The van der Waals surface area contributed by atoms with Crippen LogP contribution in [0.1, 0.15) is 34.8 Å². The third-order valence-corrected chi connectivity index (χ3v) is 4.12. The fourth-order valence-corrected chi connectivity index (χ4v) is 2.81. The van der Waals surface area contributed by atoms with E-state index in [0.29, 0.717) is 12.8 Å². The quantitative estimate of drug-likeness (QED) is 0.623. The van der Waals surface area contributed by atoms with Gasteiger partial charge in [0, 0.05) is 36.8 Å². The van der Waals surface area contributed by atoms with Crippen molar-refractivity contribution in [2.24, 2.45) is 13.0 Å². The summed E-state index contributed by atoms with van der Waals surface area (Å²) < 4.78 is 1.65. The van der Waals surface area contributed by atoms with Crippen LogP contribution in [0.5, 0.6) is 0 Å². The van der Waals surface area contributed by atoms with Gasteiger partial charge in [0.25, 0.3) is 11.7 Å². The topological polar surface area (TPSA) is 97.1 Å². The Balaban J connectivity index is 1.76. The Morgan fingerprint density at radius 3 is 2.74 bits per heavy atom. The average Bonchev–Trinajstić information content (AvgIpc) is 2.96. The Hall–Kier alpha value is -2.54. The fraction of sp³-hybridized carbons (Fsp3) is 0.375. The number of nitrogens with one attached hydrogen (secondary N) is 1. The number of aliphatic hydroxyl groups excluding tert-OH is 1. The molecule has 1 saturated carbocycles. The average molecular weight is 314 g/mol. The molecule has 0 bridgehead atoms. The van der Waals surface area contributed by atoms with Gasteiger partial charge in [-0.25, -0.2) is 0 Å². The third-order valence-electron chi connectivity index (χ3n) is 4.12. The molecule has 1 amide bonds. The number of rotatable bonds is 5. The molecule has 120 valence electrons. The second-order valence-electron chi connectivity index (χ2n) is 5.85. The van der Waals surface area contributed by atoms with Crippen LogP contribution in [0.15, 0.2) is 36.9 Å². The summed E-state index contributed by atoms with van der Waals surface area (Å²) in [6, 6.07) is 2.84. The van der Waals surface area contributed by atoms with Crippen molar-refractivity contribution in [3.8, 4) is 0 Å². The van der Waals surface area contributed by atoms with Crippen molar-refractivity contribution in [2.75, 3.05) is 0 Å². The normalized spacial score (nSPS) is 21.3. The Kier molecular flexibility index (Phi) is 4.20. The summed E-state index contributed by atoms with van der Waals surface area (Å²) in [7, 11) is 1.79. The first kappa shape index (κ1) is 15.4. The predicted molar refractivity (Wildman–Crippen MR) is 81.4 cm³/mol. The van der Waals surface area contributed by atoms with E-state index in [-0.39, 0.29) is 23.6 Å². The number of pyridine rings is 1. The molecule has 1 aliphatic rings. The highest BCUT2D eigenvalue weighted by molar-refractivity contribution is 6.42. The summed E-state index contributed by atoms with van der Waals surface area (Å²) in [6.07, 6.45) is 7.25. The third kappa shape index (κ3) is 3.29. The van der Waals surface area contributed by atoms with E-state index in [1.165, 1.54) is 6.20 Å². The van der Waals surface area contributed by atoms with Gasteiger partial charge in [0.2, 0.25) is 0 Å². The van der Waals surface area contributed by atoms with Crippen LogP contribution < -0.4 is 5.32 Å². The van der Waals surface area contributed by atoms with Crippen LogP contribution >= 0.6 is 0 Å². The minimum Gasteiger partial charge on any atom is -0.393 e. The van der Waals surface area contributed by atoms with E-state index in [4.69, 9.17) is 0 Å². The highest BCUT2D eigenvalue weighted by Crippen LogP contribution is 2.37. The zero-order valence-corrected chi connectivity index (χ0v) is 12.7. The Bertz CT molecular complexity index is 707. The molecule has 0 aromatic carbocycles. The zero-order valence-electron chi connectivity index (χ0n) is 12.7. The van der Waals surface area contributed by atoms with Gasteiger partial charge in [0.1, 0.15) is 0 Å². The first-order valence-corrected chi connectivity index (χ1v) is 7.46. The molecule has 3 rings (SSSR count). The fourth-order valence-electron chi connectivity index (χ4n) is 2.81. The molecular weight excluding hydrogens is 296 g/mol. The number of carbonyl (C=O) groups is 2. The van der Waals surface area contributed by atoms with E-state index in [1.807, 2.05) is 6.20 Å². The van der Waals surface area contributed by atoms with Gasteiger partial charge >= 0.3 is 0 Å². The van der Waals surface area contributed by atoms with Crippen molar-refractivity contribution in [1.82, 2.24) is 20.1 Å². The van der Waals surface area contributed by atoms with Crippen molar-refractivity contribution in [3.63, 3.8) is 0 Å². The van der Waals surface area contributed by atoms with Crippen LogP contribution in [0.25, 0.3) is 0 Å². The standard InChI is InChI=1S/C16H18N4O3/c1-20-9-12(8-18-20)14(11-5-13(21)6-11)19-16(23)15(22)10-3-2-4-17-7-10/h2-4,7-9,11,13-14,21H,5-6H2,1H3,(H,19,23)/t11?,13?,14-/m1/s1. The van der Waals surface area contributed by atoms with Gasteiger partial charge in [-0.15, -0.1) is 0 Å². The molecule has 0 spiro atoms. The lowest BCUT2D eigenvalue weighted by atomic mass is 9.75. The van der Waals surface area contributed by atoms with Gasteiger partial charge < -0.3 is 10.4 Å². The molecule has 2 aromatic heterocycles.